The molecule has 3 nitrogen and oxygen atoms in total. The van der Waals surface area contributed by atoms with Gasteiger partial charge in [0.25, 0.3) is 0 Å². The number of nitrogens with zero attached hydrogens (tertiary/aromatic N) is 1. The van der Waals surface area contributed by atoms with Crippen molar-refractivity contribution in [1.29, 1.82) is 0 Å². The van der Waals surface area contributed by atoms with E-state index >= 15 is 0 Å². The largest absolute Gasteiger partial charge is 0.376 e. The maximum Gasteiger partial charge on any atom is 0.123 e. The molecule has 0 spiro atoms. The predicted molar refractivity (Wildman–Crippen MR) is 76.0 cm³/mol. The minimum absolute atomic E-state index is 0.194. The second kappa shape index (κ2) is 6.87. The molecule has 0 bridgehead atoms. The first-order valence-corrected chi connectivity index (χ1v) is 7.09. The molecule has 1 saturated heterocycles. The predicted octanol–water partition coefficient (Wildman–Crippen LogP) is 2.33. The minimum Gasteiger partial charge on any atom is -0.376 e. The van der Waals surface area contributed by atoms with Crippen LogP contribution in [0.2, 0.25) is 0 Å². The monoisotopic (exact) mass is 266 g/mol. The molecule has 1 heterocycles. The lowest BCUT2D eigenvalue weighted by atomic mass is 10.1. The Balaban J connectivity index is 2.16. The van der Waals surface area contributed by atoms with Crippen LogP contribution >= 0.6 is 0 Å². The van der Waals surface area contributed by atoms with E-state index in [1.165, 1.54) is 6.07 Å². The molecule has 0 radical (unpaired) electrons. The fourth-order valence-electron chi connectivity index (χ4n) is 2.65. The number of likely N-dealkylation sites (N-methyl/N-ethyl adjacent to an activating group) is 1. The topological polar surface area (TPSA) is 38.5 Å². The molecule has 1 atom stereocenters. The minimum atomic E-state index is -0.194. The molecule has 0 aromatic heterocycles. The number of halogens is 1. The van der Waals surface area contributed by atoms with Gasteiger partial charge in [0.15, 0.2) is 0 Å². The number of ether oxygens (including phenoxy) is 1. The first-order chi connectivity index (χ1) is 9.24. The maximum absolute atomic E-state index is 13.4. The summed E-state index contributed by atoms with van der Waals surface area (Å²) in [6.45, 7) is 5.28. The molecule has 19 heavy (non-hydrogen) atoms. The Kier molecular flexibility index (Phi) is 5.16. The molecule has 0 aliphatic carbocycles. The van der Waals surface area contributed by atoms with Crippen molar-refractivity contribution in [1.82, 2.24) is 0 Å². The van der Waals surface area contributed by atoms with Gasteiger partial charge in [0.1, 0.15) is 5.82 Å². The standard InChI is InChI=1S/C15H23FN2O/c1-2-18(11-14-4-3-9-19-14)15-6-5-13(16)10-12(15)7-8-17/h5-6,10,14H,2-4,7-9,11,17H2,1H3. The fraction of sp³-hybridized carbons (Fsp3) is 0.600. The van der Waals surface area contributed by atoms with E-state index < -0.39 is 0 Å². The Bertz CT molecular complexity index is 405. The summed E-state index contributed by atoms with van der Waals surface area (Å²) in [4.78, 5) is 2.26. The Hall–Kier alpha value is -1.13. The van der Waals surface area contributed by atoms with Gasteiger partial charge in [0, 0.05) is 25.4 Å². The lowest BCUT2D eigenvalue weighted by Crippen LogP contribution is -2.33. The number of hydrogen-bond acceptors (Lipinski definition) is 3. The smallest absolute Gasteiger partial charge is 0.123 e. The van der Waals surface area contributed by atoms with Crippen LogP contribution in [0.4, 0.5) is 10.1 Å². The van der Waals surface area contributed by atoms with Crippen LogP contribution in [0.15, 0.2) is 18.2 Å². The first-order valence-electron chi connectivity index (χ1n) is 7.09. The normalized spacial score (nSPS) is 18.8. The maximum atomic E-state index is 13.4. The van der Waals surface area contributed by atoms with E-state index in [1.807, 2.05) is 6.07 Å². The number of anilines is 1. The molecule has 0 saturated carbocycles. The zero-order valence-electron chi connectivity index (χ0n) is 11.6. The van der Waals surface area contributed by atoms with Gasteiger partial charge in [-0.1, -0.05) is 0 Å². The van der Waals surface area contributed by atoms with E-state index in [0.717, 1.165) is 43.8 Å². The summed E-state index contributed by atoms with van der Waals surface area (Å²) in [5.74, 6) is -0.194. The van der Waals surface area contributed by atoms with E-state index in [1.54, 1.807) is 6.07 Å². The Labute approximate surface area is 114 Å². The van der Waals surface area contributed by atoms with Gasteiger partial charge in [0.05, 0.1) is 6.10 Å². The lowest BCUT2D eigenvalue weighted by molar-refractivity contribution is 0.115. The highest BCUT2D eigenvalue weighted by atomic mass is 19.1. The third kappa shape index (κ3) is 3.67. The van der Waals surface area contributed by atoms with Crippen molar-refractivity contribution in [2.45, 2.75) is 32.3 Å². The first kappa shape index (κ1) is 14.3. The molecular weight excluding hydrogens is 243 g/mol. The number of benzene rings is 1. The summed E-state index contributed by atoms with van der Waals surface area (Å²) in [7, 11) is 0. The number of hydrogen-bond donors (Lipinski definition) is 1. The Morgan fingerprint density at radius 3 is 2.95 bits per heavy atom. The summed E-state index contributed by atoms with van der Waals surface area (Å²) < 4.78 is 19.0. The highest BCUT2D eigenvalue weighted by Gasteiger charge is 2.20. The molecule has 106 valence electrons. The van der Waals surface area contributed by atoms with Crippen LogP contribution in [0.5, 0.6) is 0 Å². The van der Waals surface area contributed by atoms with Crippen molar-refractivity contribution >= 4 is 5.69 Å². The summed E-state index contributed by atoms with van der Waals surface area (Å²) >= 11 is 0. The third-order valence-electron chi connectivity index (χ3n) is 3.63. The molecule has 1 aromatic rings. The van der Waals surface area contributed by atoms with E-state index in [-0.39, 0.29) is 5.82 Å². The molecule has 2 rings (SSSR count). The fourth-order valence-corrected chi connectivity index (χ4v) is 2.65. The molecule has 1 aromatic carbocycles. The van der Waals surface area contributed by atoms with Crippen molar-refractivity contribution in [3.05, 3.63) is 29.6 Å². The number of nitrogens with two attached hydrogens (primary N) is 1. The van der Waals surface area contributed by atoms with E-state index in [2.05, 4.69) is 11.8 Å². The van der Waals surface area contributed by atoms with Gasteiger partial charge < -0.3 is 15.4 Å². The molecule has 2 N–H and O–H groups in total. The second-order valence-electron chi connectivity index (χ2n) is 4.99. The van der Waals surface area contributed by atoms with E-state index in [9.17, 15) is 4.39 Å². The van der Waals surface area contributed by atoms with E-state index in [0.29, 0.717) is 19.1 Å². The third-order valence-corrected chi connectivity index (χ3v) is 3.63. The number of rotatable bonds is 6. The lowest BCUT2D eigenvalue weighted by Gasteiger charge is -2.28. The highest BCUT2D eigenvalue weighted by molar-refractivity contribution is 5.54. The van der Waals surface area contributed by atoms with Crippen LogP contribution in [0.3, 0.4) is 0 Å². The molecule has 1 fully saturated rings. The summed E-state index contributed by atoms with van der Waals surface area (Å²) in [6.07, 6.45) is 3.26. The van der Waals surface area contributed by atoms with Crippen LogP contribution in [0.1, 0.15) is 25.3 Å². The van der Waals surface area contributed by atoms with Crippen molar-refractivity contribution in [2.24, 2.45) is 5.73 Å². The van der Waals surface area contributed by atoms with Crippen molar-refractivity contribution < 1.29 is 9.13 Å². The van der Waals surface area contributed by atoms with Crippen molar-refractivity contribution in [3.8, 4) is 0 Å². The molecule has 1 aliphatic rings. The van der Waals surface area contributed by atoms with Gasteiger partial charge in [-0.25, -0.2) is 4.39 Å². The average molecular weight is 266 g/mol. The van der Waals surface area contributed by atoms with Gasteiger partial charge in [-0.15, -0.1) is 0 Å². The molecule has 0 amide bonds. The van der Waals surface area contributed by atoms with Crippen LogP contribution in [0, 0.1) is 5.82 Å². The van der Waals surface area contributed by atoms with Gasteiger partial charge in [-0.2, -0.15) is 0 Å². The van der Waals surface area contributed by atoms with Gasteiger partial charge in [-0.3, -0.25) is 0 Å². The Morgan fingerprint density at radius 2 is 2.32 bits per heavy atom. The van der Waals surface area contributed by atoms with Gasteiger partial charge in [-0.05, 0) is 56.5 Å². The quantitative estimate of drug-likeness (QED) is 0.859. The zero-order chi connectivity index (χ0) is 13.7. The molecule has 1 unspecified atom stereocenters. The molecule has 1 aliphatic heterocycles. The summed E-state index contributed by atoms with van der Waals surface area (Å²) in [5.41, 5.74) is 7.70. The van der Waals surface area contributed by atoms with E-state index in [4.69, 9.17) is 10.5 Å². The Morgan fingerprint density at radius 1 is 1.47 bits per heavy atom. The summed E-state index contributed by atoms with van der Waals surface area (Å²) in [6, 6.07) is 4.98. The van der Waals surface area contributed by atoms with Gasteiger partial charge in [0.2, 0.25) is 0 Å². The van der Waals surface area contributed by atoms with Crippen molar-refractivity contribution in [2.75, 3.05) is 31.1 Å². The van der Waals surface area contributed by atoms with Crippen LogP contribution in [-0.4, -0.2) is 32.3 Å². The highest BCUT2D eigenvalue weighted by Crippen LogP contribution is 2.24. The zero-order valence-corrected chi connectivity index (χ0v) is 11.6. The average Bonchev–Trinajstić information content (AvgIpc) is 2.90. The SMILES string of the molecule is CCN(CC1CCCO1)c1ccc(F)cc1CCN. The molecule has 4 heteroatoms. The molecular formula is C15H23FN2O. The van der Waals surface area contributed by atoms with Crippen LogP contribution in [0.25, 0.3) is 0 Å². The van der Waals surface area contributed by atoms with Crippen LogP contribution in [-0.2, 0) is 11.2 Å². The van der Waals surface area contributed by atoms with Crippen molar-refractivity contribution in [3.63, 3.8) is 0 Å². The second-order valence-corrected chi connectivity index (χ2v) is 4.99. The van der Waals surface area contributed by atoms with Crippen LogP contribution < -0.4 is 10.6 Å². The summed E-state index contributed by atoms with van der Waals surface area (Å²) in [5, 5.41) is 0. The van der Waals surface area contributed by atoms with Gasteiger partial charge >= 0.3 is 0 Å².